The van der Waals surface area contributed by atoms with Gasteiger partial charge in [0, 0.05) is 13.0 Å². The summed E-state index contributed by atoms with van der Waals surface area (Å²) in [6, 6.07) is 6.62. The number of nitrogens with zero attached hydrogens (tertiary/aromatic N) is 1. The van der Waals surface area contributed by atoms with Crippen molar-refractivity contribution >= 4 is 11.0 Å². The zero-order chi connectivity index (χ0) is 11.0. The van der Waals surface area contributed by atoms with E-state index < -0.39 is 0 Å². The number of nitrogens with one attached hydrogen (secondary N) is 2. The number of imidazole rings is 1. The van der Waals surface area contributed by atoms with Crippen molar-refractivity contribution in [2.24, 2.45) is 0 Å². The fourth-order valence-corrected chi connectivity index (χ4v) is 2.44. The molecule has 1 unspecified atom stereocenters. The van der Waals surface area contributed by atoms with E-state index in [1.54, 1.807) is 0 Å². The molecule has 2 aromatic rings. The third kappa shape index (κ3) is 1.61. The summed E-state index contributed by atoms with van der Waals surface area (Å²) in [6.45, 7) is 4.38. The van der Waals surface area contributed by atoms with Crippen LogP contribution in [0.1, 0.15) is 30.7 Å². The monoisotopic (exact) mass is 215 g/mol. The summed E-state index contributed by atoms with van der Waals surface area (Å²) in [5.74, 6) is 1.76. The molecule has 1 aliphatic heterocycles. The predicted molar refractivity (Wildman–Crippen MR) is 65.7 cm³/mol. The lowest BCUT2D eigenvalue weighted by Gasteiger charge is -2.07. The highest BCUT2D eigenvalue weighted by atomic mass is 14.9. The quantitative estimate of drug-likeness (QED) is 0.806. The molecule has 0 spiro atoms. The highest BCUT2D eigenvalue weighted by Crippen LogP contribution is 2.25. The lowest BCUT2D eigenvalue weighted by Crippen LogP contribution is -2.07. The summed E-state index contributed by atoms with van der Waals surface area (Å²) in [5.41, 5.74) is 3.71. The molecule has 2 N–H and O–H groups in total. The van der Waals surface area contributed by atoms with Gasteiger partial charge in [-0.25, -0.2) is 4.98 Å². The van der Waals surface area contributed by atoms with Crippen LogP contribution in [0.4, 0.5) is 0 Å². The number of fused-ring (bicyclic) bond motifs is 1. The van der Waals surface area contributed by atoms with E-state index in [-0.39, 0.29) is 0 Å². The second-order valence-corrected chi connectivity index (χ2v) is 4.50. The molecule has 1 aliphatic rings. The molecular formula is C13H17N3. The fourth-order valence-electron chi connectivity index (χ4n) is 2.44. The maximum atomic E-state index is 4.53. The highest BCUT2D eigenvalue weighted by molar-refractivity contribution is 5.76. The van der Waals surface area contributed by atoms with Crippen molar-refractivity contribution in [1.82, 2.24) is 15.3 Å². The second kappa shape index (κ2) is 3.91. The van der Waals surface area contributed by atoms with Crippen LogP contribution in [0.3, 0.4) is 0 Å². The van der Waals surface area contributed by atoms with Crippen molar-refractivity contribution in [3.63, 3.8) is 0 Å². The molecule has 0 radical (unpaired) electrons. The van der Waals surface area contributed by atoms with Gasteiger partial charge in [0.25, 0.3) is 0 Å². The number of aromatic nitrogens is 2. The van der Waals surface area contributed by atoms with E-state index in [0.717, 1.165) is 30.9 Å². The van der Waals surface area contributed by atoms with Crippen LogP contribution in [-0.4, -0.2) is 23.1 Å². The molecule has 3 nitrogen and oxygen atoms in total. The molecule has 0 aliphatic carbocycles. The van der Waals surface area contributed by atoms with Gasteiger partial charge in [0.1, 0.15) is 5.82 Å². The van der Waals surface area contributed by atoms with E-state index in [0.29, 0.717) is 5.92 Å². The van der Waals surface area contributed by atoms with Gasteiger partial charge in [-0.05, 0) is 36.6 Å². The standard InChI is InChI=1S/C13H17N3/c1-2-13-15-11-4-3-9(7-12(11)16-13)10-5-6-14-8-10/h3-4,7,10,14H,2,5-6,8H2,1H3,(H,15,16). The zero-order valence-electron chi connectivity index (χ0n) is 9.59. The van der Waals surface area contributed by atoms with Crippen molar-refractivity contribution in [1.29, 1.82) is 0 Å². The summed E-state index contributed by atoms with van der Waals surface area (Å²) < 4.78 is 0. The number of aryl methyl sites for hydroxylation is 1. The molecule has 1 atom stereocenters. The molecule has 1 aromatic carbocycles. The lowest BCUT2D eigenvalue weighted by molar-refractivity contribution is 0.764. The molecule has 84 valence electrons. The number of benzene rings is 1. The number of H-pyrrole nitrogens is 1. The van der Waals surface area contributed by atoms with Gasteiger partial charge in [-0.2, -0.15) is 0 Å². The van der Waals surface area contributed by atoms with Gasteiger partial charge in [-0.15, -0.1) is 0 Å². The van der Waals surface area contributed by atoms with E-state index in [1.807, 2.05) is 0 Å². The molecule has 3 rings (SSSR count). The van der Waals surface area contributed by atoms with Crippen molar-refractivity contribution < 1.29 is 0 Å². The maximum absolute atomic E-state index is 4.53. The molecular weight excluding hydrogens is 198 g/mol. The van der Waals surface area contributed by atoms with Gasteiger partial charge in [-0.3, -0.25) is 0 Å². The van der Waals surface area contributed by atoms with Gasteiger partial charge >= 0.3 is 0 Å². The molecule has 2 heterocycles. The molecule has 1 saturated heterocycles. The van der Waals surface area contributed by atoms with Crippen LogP contribution in [0.25, 0.3) is 11.0 Å². The Morgan fingerprint density at radius 3 is 3.12 bits per heavy atom. The van der Waals surface area contributed by atoms with E-state index in [4.69, 9.17) is 0 Å². The van der Waals surface area contributed by atoms with E-state index in [1.165, 1.54) is 17.5 Å². The summed E-state index contributed by atoms with van der Waals surface area (Å²) in [4.78, 5) is 7.91. The lowest BCUT2D eigenvalue weighted by atomic mass is 9.98. The van der Waals surface area contributed by atoms with Crippen LogP contribution in [0, 0.1) is 0 Å². The first kappa shape index (κ1) is 9.85. The van der Waals surface area contributed by atoms with Crippen LogP contribution >= 0.6 is 0 Å². The fraction of sp³-hybridized carbons (Fsp3) is 0.462. The minimum Gasteiger partial charge on any atom is -0.342 e. The Bertz CT molecular complexity index is 495. The molecule has 3 heteroatoms. The van der Waals surface area contributed by atoms with Gasteiger partial charge in [0.2, 0.25) is 0 Å². The van der Waals surface area contributed by atoms with Crippen LogP contribution in [0.5, 0.6) is 0 Å². The smallest absolute Gasteiger partial charge is 0.106 e. The summed E-state index contributed by atoms with van der Waals surface area (Å²) in [5, 5.41) is 3.41. The Labute approximate surface area is 95.3 Å². The summed E-state index contributed by atoms with van der Waals surface area (Å²) >= 11 is 0. The van der Waals surface area contributed by atoms with Crippen LogP contribution in [0.15, 0.2) is 18.2 Å². The minimum atomic E-state index is 0.678. The predicted octanol–water partition coefficient (Wildman–Crippen LogP) is 2.20. The first-order chi connectivity index (χ1) is 7.86. The van der Waals surface area contributed by atoms with Gasteiger partial charge < -0.3 is 10.3 Å². The molecule has 16 heavy (non-hydrogen) atoms. The van der Waals surface area contributed by atoms with Crippen LogP contribution < -0.4 is 5.32 Å². The Kier molecular flexibility index (Phi) is 2.40. The van der Waals surface area contributed by atoms with Gasteiger partial charge in [0.05, 0.1) is 11.0 Å². The van der Waals surface area contributed by atoms with E-state index in [2.05, 4.69) is 40.4 Å². The number of hydrogen-bond donors (Lipinski definition) is 2. The van der Waals surface area contributed by atoms with Gasteiger partial charge in [-0.1, -0.05) is 13.0 Å². The SMILES string of the molecule is CCc1nc2ccc(C3CCNC3)cc2[nH]1. The normalized spacial score (nSPS) is 20.7. The van der Waals surface area contributed by atoms with Crippen molar-refractivity contribution in [3.05, 3.63) is 29.6 Å². The Morgan fingerprint density at radius 1 is 1.44 bits per heavy atom. The minimum absolute atomic E-state index is 0.678. The average Bonchev–Trinajstić information content (AvgIpc) is 2.96. The van der Waals surface area contributed by atoms with E-state index in [9.17, 15) is 0 Å². The van der Waals surface area contributed by atoms with Gasteiger partial charge in [0.15, 0.2) is 0 Å². The average molecular weight is 215 g/mol. The topological polar surface area (TPSA) is 40.7 Å². The maximum Gasteiger partial charge on any atom is 0.106 e. The van der Waals surface area contributed by atoms with E-state index >= 15 is 0 Å². The number of hydrogen-bond acceptors (Lipinski definition) is 2. The molecule has 0 bridgehead atoms. The Morgan fingerprint density at radius 2 is 2.38 bits per heavy atom. The Balaban J connectivity index is 2.00. The highest BCUT2D eigenvalue weighted by Gasteiger charge is 2.17. The molecule has 1 fully saturated rings. The molecule has 1 aromatic heterocycles. The molecule has 0 amide bonds. The Hall–Kier alpha value is -1.35. The summed E-state index contributed by atoms with van der Waals surface area (Å²) in [6.07, 6.45) is 2.22. The van der Waals surface area contributed by atoms with Crippen LogP contribution in [0.2, 0.25) is 0 Å². The molecule has 0 saturated carbocycles. The largest absolute Gasteiger partial charge is 0.342 e. The van der Waals surface area contributed by atoms with Crippen LogP contribution in [-0.2, 0) is 6.42 Å². The summed E-state index contributed by atoms with van der Waals surface area (Å²) in [7, 11) is 0. The number of rotatable bonds is 2. The first-order valence-corrected chi connectivity index (χ1v) is 6.06. The zero-order valence-corrected chi connectivity index (χ0v) is 9.59. The number of aromatic amines is 1. The third-order valence-electron chi connectivity index (χ3n) is 3.42. The van der Waals surface area contributed by atoms with Crippen molar-refractivity contribution in [2.45, 2.75) is 25.7 Å². The third-order valence-corrected chi connectivity index (χ3v) is 3.42. The first-order valence-electron chi connectivity index (χ1n) is 6.06. The second-order valence-electron chi connectivity index (χ2n) is 4.50. The van der Waals surface area contributed by atoms with Crippen molar-refractivity contribution in [3.8, 4) is 0 Å². The van der Waals surface area contributed by atoms with Crippen molar-refractivity contribution in [2.75, 3.05) is 13.1 Å².